The van der Waals surface area contributed by atoms with E-state index in [1.165, 1.54) is 5.56 Å². The number of benzene rings is 1. The van der Waals surface area contributed by atoms with Crippen molar-refractivity contribution >= 4 is 11.8 Å². The third-order valence-electron chi connectivity index (χ3n) is 2.29. The summed E-state index contributed by atoms with van der Waals surface area (Å²) in [5, 5.41) is 2.73. The topological polar surface area (TPSA) is 64.3 Å². The molecule has 0 bridgehead atoms. The number of alkyl carbamates (subject to hydrolysis) is 1. The summed E-state index contributed by atoms with van der Waals surface area (Å²) in [5.41, 5.74) is 7.15. The van der Waals surface area contributed by atoms with Gasteiger partial charge < -0.3 is 15.8 Å². The summed E-state index contributed by atoms with van der Waals surface area (Å²) in [6, 6.07) is 7.78. The van der Waals surface area contributed by atoms with E-state index in [1.54, 1.807) is 0 Å². The summed E-state index contributed by atoms with van der Waals surface area (Å²) < 4.78 is 5.14. The highest BCUT2D eigenvalue weighted by Crippen LogP contribution is 2.08. The van der Waals surface area contributed by atoms with Crippen LogP contribution < -0.4 is 11.1 Å². The van der Waals surface area contributed by atoms with Crippen LogP contribution in [-0.4, -0.2) is 18.2 Å². The molecule has 20 heavy (non-hydrogen) atoms. The lowest BCUT2D eigenvalue weighted by Crippen LogP contribution is -2.33. The largest absolute Gasteiger partial charge is 0.444 e. The monoisotopic (exact) mass is 280 g/mol. The van der Waals surface area contributed by atoms with Crippen molar-refractivity contribution in [3.8, 4) is 0 Å². The van der Waals surface area contributed by atoms with Crippen molar-refractivity contribution in [1.82, 2.24) is 5.32 Å². The highest BCUT2D eigenvalue weighted by Gasteiger charge is 2.15. The first-order valence-corrected chi connectivity index (χ1v) is 7.18. The van der Waals surface area contributed by atoms with Crippen LogP contribution >= 0.6 is 0 Å². The van der Waals surface area contributed by atoms with Crippen LogP contribution in [0.15, 0.2) is 24.3 Å². The normalized spacial score (nSPS) is 10.2. The third kappa shape index (κ3) is 9.25. The quantitative estimate of drug-likeness (QED) is 0.652. The first-order valence-electron chi connectivity index (χ1n) is 7.18. The molecule has 0 aliphatic heterocycles. The molecule has 1 amide bonds. The fraction of sp³-hybridized carbons (Fsp3) is 0.562. The van der Waals surface area contributed by atoms with Crippen LogP contribution in [0.3, 0.4) is 0 Å². The van der Waals surface area contributed by atoms with Crippen molar-refractivity contribution < 1.29 is 9.53 Å². The minimum atomic E-state index is -0.443. The Morgan fingerprint density at radius 3 is 2.25 bits per heavy atom. The zero-order chi connectivity index (χ0) is 15.6. The van der Waals surface area contributed by atoms with Gasteiger partial charge in [0.2, 0.25) is 0 Å². The second-order valence-electron chi connectivity index (χ2n) is 5.27. The van der Waals surface area contributed by atoms with E-state index in [1.807, 2.05) is 58.9 Å². The molecule has 0 fully saturated rings. The summed E-state index contributed by atoms with van der Waals surface area (Å²) in [4.78, 5) is 11.4. The molecule has 1 aromatic carbocycles. The summed E-state index contributed by atoms with van der Waals surface area (Å²) in [7, 11) is 0. The molecule has 0 radical (unpaired) electrons. The van der Waals surface area contributed by atoms with Crippen LogP contribution in [0.1, 0.15) is 46.6 Å². The standard InChI is InChI=1S/C14H22N2O2.C2H6/c1-14(2,3)18-13(17)16-10-4-5-11-6-8-12(15)9-7-11;1-2/h6-9H,4-5,10,15H2,1-3H3,(H,16,17);1-2H3. The number of hydrogen-bond donors (Lipinski definition) is 2. The van der Waals surface area contributed by atoms with Gasteiger partial charge in [0, 0.05) is 12.2 Å². The molecule has 1 aromatic rings. The smallest absolute Gasteiger partial charge is 0.407 e. The third-order valence-corrected chi connectivity index (χ3v) is 2.29. The van der Waals surface area contributed by atoms with Crippen molar-refractivity contribution in [2.45, 2.75) is 53.1 Å². The number of carbonyl (C=O) groups is 1. The number of carbonyl (C=O) groups excluding carboxylic acids is 1. The van der Waals surface area contributed by atoms with Crippen molar-refractivity contribution in [2.24, 2.45) is 0 Å². The van der Waals surface area contributed by atoms with Gasteiger partial charge in [-0.1, -0.05) is 26.0 Å². The van der Waals surface area contributed by atoms with Crippen LogP contribution in [0, 0.1) is 0 Å². The Balaban J connectivity index is 0.00000172. The van der Waals surface area contributed by atoms with E-state index in [2.05, 4.69) is 5.32 Å². The Morgan fingerprint density at radius 1 is 1.20 bits per heavy atom. The number of nitrogens with one attached hydrogen (secondary N) is 1. The molecule has 0 saturated carbocycles. The highest BCUT2D eigenvalue weighted by atomic mass is 16.6. The van der Waals surface area contributed by atoms with Crippen LogP contribution in [-0.2, 0) is 11.2 Å². The second kappa shape index (κ2) is 9.23. The number of nitrogens with two attached hydrogens (primary N) is 1. The fourth-order valence-electron chi connectivity index (χ4n) is 1.48. The van der Waals surface area contributed by atoms with E-state index in [-0.39, 0.29) is 6.09 Å². The van der Waals surface area contributed by atoms with Gasteiger partial charge in [-0.2, -0.15) is 0 Å². The molecule has 0 aliphatic rings. The first-order chi connectivity index (χ1) is 9.37. The first kappa shape index (κ1) is 18.3. The second-order valence-corrected chi connectivity index (χ2v) is 5.27. The zero-order valence-corrected chi connectivity index (χ0v) is 13.3. The number of aryl methyl sites for hydroxylation is 1. The van der Waals surface area contributed by atoms with E-state index >= 15 is 0 Å². The van der Waals surface area contributed by atoms with Crippen molar-refractivity contribution in [2.75, 3.05) is 12.3 Å². The van der Waals surface area contributed by atoms with Gasteiger partial charge in [0.05, 0.1) is 0 Å². The Hall–Kier alpha value is -1.71. The number of amides is 1. The van der Waals surface area contributed by atoms with E-state index in [0.29, 0.717) is 6.54 Å². The number of anilines is 1. The lowest BCUT2D eigenvalue weighted by molar-refractivity contribution is 0.0527. The van der Waals surface area contributed by atoms with Crippen molar-refractivity contribution in [3.05, 3.63) is 29.8 Å². The molecule has 0 aromatic heterocycles. The summed E-state index contributed by atoms with van der Waals surface area (Å²) >= 11 is 0. The summed E-state index contributed by atoms with van der Waals surface area (Å²) in [6.07, 6.45) is 1.43. The van der Waals surface area contributed by atoms with E-state index in [9.17, 15) is 4.79 Å². The molecule has 3 N–H and O–H groups in total. The predicted octanol–water partition coefficient (Wildman–Crippen LogP) is 3.75. The number of ether oxygens (including phenoxy) is 1. The van der Waals surface area contributed by atoms with Crippen LogP contribution in [0.5, 0.6) is 0 Å². The molecule has 4 nitrogen and oxygen atoms in total. The van der Waals surface area contributed by atoms with E-state index in [4.69, 9.17) is 10.5 Å². The maximum atomic E-state index is 11.4. The molecule has 114 valence electrons. The average Bonchev–Trinajstić information content (AvgIpc) is 2.37. The molecule has 0 spiro atoms. The molecule has 0 aliphatic carbocycles. The average molecular weight is 280 g/mol. The lowest BCUT2D eigenvalue weighted by atomic mass is 10.1. The molecule has 0 heterocycles. The number of hydrogen-bond acceptors (Lipinski definition) is 3. The summed E-state index contributed by atoms with van der Waals surface area (Å²) in [6.45, 7) is 10.2. The number of nitrogen functional groups attached to an aromatic ring is 1. The maximum absolute atomic E-state index is 11.4. The SMILES string of the molecule is CC.CC(C)(C)OC(=O)NCCCc1ccc(N)cc1. The van der Waals surface area contributed by atoms with Gasteiger partial charge in [0.15, 0.2) is 0 Å². The van der Waals surface area contributed by atoms with Gasteiger partial charge in [-0.15, -0.1) is 0 Å². The van der Waals surface area contributed by atoms with Crippen molar-refractivity contribution in [1.29, 1.82) is 0 Å². The van der Waals surface area contributed by atoms with Crippen molar-refractivity contribution in [3.63, 3.8) is 0 Å². The molecule has 4 heteroatoms. The van der Waals surface area contributed by atoms with Gasteiger partial charge in [0.25, 0.3) is 0 Å². The maximum Gasteiger partial charge on any atom is 0.407 e. The Morgan fingerprint density at radius 2 is 1.75 bits per heavy atom. The van der Waals surface area contributed by atoms with Crippen LogP contribution in [0.4, 0.5) is 10.5 Å². The molecule has 0 unspecified atom stereocenters. The van der Waals surface area contributed by atoms with E-state index in [0.717, 1.165) is 18.5 Å². The highest BCUT2D eigenvalue weighted by molar-refractivity contribution is 5.67. The molecule has 0 atom stereocenters. The molecular weight excluding hydrogens is 252 g/mol. The van der Waals surface area contributed by atoms with Gasteiger partial charge in [-0.3, -0.25) is 0 Å². The Bertz CT molecular complexity index is 380. The molecular formula is C16H28N2O2. The minimum absolute atomic E-state index is 0.361. The Kier molecular flexibility index (Phi) is 8.45. The van der Waals surface area contributed by atoms with Crippen LogP contribution in [0.2, 0.25) is 0 Å². The summed E-state index contributed by atoms with van der Waals surface area (Å²) in [5.74, 6) is 0. The lowest BCUT2D eigenvalue weighted by Gasteiger charge is -2.19. The fourth-order valence-corrected chi connectivity index (χ4v) is 1.48. The Labute approximate surface area is 122 Å². The number of rotatable bonds is 4. The van der Waals surface area contributed by atoms with Crippen LogP contribution in [0.25, 0.3) is 0 Å². The molecule has 0 saturated heterocycles. The van der Waals surface area contributed by atoms with Gasteiger partial charge >= 0.3 is 6.09 Å². The predicted molar refractivity (Wildman–Crippen MR) is 84.8 cm³/mol. The molecule has 1 rings (SSSR count). The zero-order valence-electron chi connectivity index (χ0n) is 13.3. The van der Waals surface area contributed by atoms with Gasteiger partial charge in [-0.05, 0) is 51.3 Å². The minimum Gasteiger partial charge on any atom is -0.444 e. The van der Waals surface area contributed by atoms with Gasteiger partial charge in [-0.25, -0.2) is 4.79 Å². The van der Waals surface area contributed by atoms with E-state index < -0.39 is 5.60 Å². The van der Waals surface area contributed by atoms with Gasteiger partial charge in [0.1, 0.15) is 5.60 Å².